The van der Waals surface area contributed by atoms with Crippen molar-refractivity contribution in [3.8, 4) is 0 Å². The van der Waals surface area contributed by atoms with E-state index in [1.807, 2.05) is 6.92 Å². The van der Waals surface area contributed by atoms with Crippen LogP contribution in [0.5, 0.6) is 0 Å². The van der Waals surface area contributed by atoms with E-state index in [1.165, 1.54) is 23.9 Å². The largest absolute Gasteiger partial charge is 0.399 e. The van der Waals surface area contributed by atoms with Gasteiger partial charge in [0.2, 0.25) is 5.91 Å². The minimum atomic E-state index is -0.228. The average molecular weight is 309 g/mol. The lowest BCUT2D eigenvalue weighted by atomic mass is 10.3. The number of carbonyl (C=O) groups is 1. The molecule has 0 radical (unpaired) electrons. The Hall–Kier alpha value is -0.620. The predicted octanol–water partition coefficient (Wildman–Crippen LogP) is 2.63. The van der Waals surface area contributed by atoms with E-state index in [-0.39, 0.29) is 23.5 Å². The highest BCUT2D eigenvalue weighted by Gasteiger charge is 2.12. The first-order valence-electron chi connectivity index (χ1n) is 5.21. The molecule has 0 aliphatic heterocycles. The van der Waals surface area contributed by atoms with Crippen molar-refractivity contribution in [2.24, 2.45) is 0 Å². The van der Waals surface area contributed by atoms with Gasteiger partial charge in [0.1, 0.15) is 0 Å². The quantitative estimate of drug-likeness (QED) is 0.731. The Bertz CT molecular complexity index is 420. The lowest BCUT2D eigenvalue weighted by molar-refractivity contribution is -0.113. The van der Waals surface area contributed by atoms with Crippen LogP contribution >= 0.6 is 35.0 Å². The number of amides is 1. The van der Waals surface area contributed by atoms with Crippen molar-refractivity contribution >= 4 is 52.2 Å². The van der Waals surface area contributed by atoms with Crippen LogP contribution in [0, 0.1) is 0 Å². The van der Waals surface area contributed by atoms with Crippen molar-refractivity contribution in [2.45, 2.75) is 12.2 Å². The molecule has 100 valence electrons. The third-order valence-electron chi connectivity index (χ3n) is 2.08. The second-order valence-corrected chi connectivity index (χ2v) is 5.95. The first-order chi connectivity index (χ1) is 8.43. The van der Waals surface area contributed by atoms with Crippen LogP contribution in [0.15, 0.2) is 12.1 Å². The van der Waals surface area contributed by atoms with E-state index in [9.17, 15) is 4.79 Å². The number of halogens is 2. The maximum atomic E-state index is 11.7. The SMILES string of the molecule is CC(CO)SCC(=O)Nc1c(Cl)cc(N)cc1Cl. The minimum Gasteiger partial charge on any atom is -0.399 e. The predicted molar refractivity (Wildman–Crippen MR) is 78.5 cm³/mol. The number of anilines is 2. The first-order valence-corrected chi connectivity index (χ1v) is 7.01. The fraction of sp³-hybridized carbons (Fsp3) is 0.364. The van der Waals surface area contributed by atoms with Gasteiger partial charge in [-0.3, -0.25) is 4.79 Å². The fourth-order valence-electron chi connectivity index (χ4n) is 1.16. The van der Waals surface area contributed by atoms with E-state index < -0.39 is 0 Å². The van der Waals surface area contributed by atoms with Crippen LogP contribution in [0.1, 0.15) is 6.92 Å². The zero-order chi connectivity index (χ0) is 13.7. The smallest absolute Gasteiger partial charge is 0.234 e. The van der Waals surface area contributed by atoms with Crippen LogP contribution in [-0.4, -0.2) is 28.6 Å². The van der Waals surface area contributed by atoms with Crippen LogP contribution < -0.4 is 11.1 Å². The molecule has 1 atom stereocenters. The molecule has 4 N–H and O–H groups in total. The molecular weight excluding hydrogens is 295 g/mol. The highest BCUT2D eigenvalue weighted by molar-refractivity contribution is 8.00. The van der Waals surface area contributed by atoms with Crippen molar-refractivity contribution in [1.82, 2.24) is 0 Å². The number of nitrogens with one attached hydrogen (secondary N) is 1. The molecule has 0 aliphatic carbocycles. The van der Waals surface area contributed by atoms with Gasteiger partial charge >= 0.3 is 0 Å². The standard InChI is InChI=1S/C11H14Cl2N2O2S/c1-6(4-16)18-5-10(17)15-11-8(12)2-7(14)3-9(11)13/h2-3,6,16H,4-5,14H2,1H3,(H,15,17). The minimum absolute atomic E-state index is 0.00751. The van der Waals surface area contributed by atoms with Crippen molar-refractivity contribution in [3.63, 3.8) is 0 Å². The molecule has 0 aliphatic rings. The maximum Gasteiger partial charge on any atom is 0.234 e. The van der Waals surface area contributed by atoms with Gasteiger partial charge in [0.15, 0.2) is 0 Å². The van der Waals surface area contributed by atoms with Gasteiger partial charge in [0.05, 0.1) is 28.1 Å². The number of hydrogen-bond acceptors (Lipinski definition) is 4. The van der Waals surface area contributed by atoms with E-state index in [4.69, 9.17) is 34.0 Å². The summed E-state index contributed by atoms with van der Waals surface area (Å²) in [7, 11) is 0. The number of nitrogen functional groups attached to an aromatic ring is 1. The summed E-state index contributed by atoms with van der Waals surface area (Å²) in [4.78, 5) is 11.7. The number of aliphatic hydroxyl groups is 1. The lowest BCUT2D eigenvalue weighted by Crippen LogP contribution is -2.17. The lowest BCUT2D eigenvalue weighted by Gasteiger charge is -2.11. The highest BCUT2D eigenvalue weighted by Crippen LogP contribution is 2.32. The molecule has 1 aromatic rings. The van der Waals surface area contributed by atoms with E-state index in [0.29, 0.717) is 21.4 Å². The van der Waals surface area contributed by atoms with Crippen LogP contribution in [0.2, 0.25) is 10.0 Å². The Kier molecular flexibility index (Phi) is 6.08. The molecule has 1 unspecified atom stereocenters. The van der Waals surface area contributed by atoms with Gasteiger partial charge in [-0.2, -0.15) is 0 Å². The molecule has 0 saturated carbocycles. The number of benzene rings is 1. The van der Waals surface area contributed by atoms with Crippen LogP contribution in [0.4, 0.5) is 11.4 Å². The molecule has 0 saturated heterocycles. The Morgan fingerprint density at radius 2 is 2.06 bits per heavy atom. The summed E-state index contributed by atoms with van der Waals surface area (Å²) in [5, 5.41) is 12.1. The summed E-state index contributed by atoms with van der Waals surface area (Å²) in [6.45, 7) is 1.86. The van der Waals surface area contributed by atoms with Gasteiger partial charge in [-0.15, -0.1) is 11.8 Å². The first kappa shape index (κ1) is 15.4. The highest BCUT2D eigenvalue weighted by atomic mass is 35.5. The Labute approximate surface area is 120 Å². The fourth-order valence-corrected chi connectivity index (χ4v) is 2.37. The average Bonchev–Trinajstić information content (AvgIpc) is 2.30. The number of thioether (sulfide) groups is 1. The molecule has 18 heavy (non-hydrogen) atoms. The molecule has 1 amide bonds. The number of aliphatic hydroxyl groups excluding tert-OH is 1. The summed E-state index contributed by atoms with van der Waals surface area (Å²) in [6.07, 6.45) is 0. The third-order valence-corrected chi connectivity index (χ3v) is 3.83. The monoisotopic (exact) mass is 308 g/mol. The molecular formula is C11H14Cl2N2O2S. The van der Waals surface area contributed by atoms with E-state index in [0.717, 1.165) is 0 Å². The van der Waals surface area contributed by atoms with E-state index in [1.54, 1.807) is 0 Å². The maximum absolute atomic E-state index is 11.7. The summed E-state index contributed by atoms with van der Waals surface area (Å²) < 4.78 is 0. The number of hydrogen-bond donors (Lipinski definition) is 3. The molecule has 1 rings (SSSR count). The molecule has 0 aromatic heterocycles. The van der Waals surface area contributed by atoms with Gasteiger partial charge < -0.3 is 16.2 Å². The molecule has 1 aromatic carbocycles. The van der Waals surface area contributed by atoms with Gasteiger partial charge in [-0.05, 0) is 12.1 Å². The summed E-state index contributed by atoms with van der Waals surface area (Å²) >= 11 is 13.2. The topological polar surface area (TPSA) is 75.3 Å². The van der Waals surface area contributed by atoms with Crippen LogP contribution in [-0.2, 0) is 4.79 Å². The van der Waals surface area contributed by atoms with Crippen molar-refractivity contribution in [2.75, 3.05) is 23.4 Å². The van der Waals surface area contributed by atoms with Gasteiger partial charge in [0, 0.05) is 10.9 Å². The van der Waals surface area contributed by atoms with Crippen molar-refractivity contribution in [3.05, 3.63) is 22.2 Å². The zero-order valence-electron chi connectivity index (χ0n) is 9.74. The second-order valence-electron chi connectivity index (χ2n) is 3.71. The number of nitrogens with two attached hydrogens (primary N) is 1. The normalized spacial score (nSPS) is 12.2. The molecule has 0 bridgehead atoms. The van der Waals surface area contributed by atoms with Gasteiger partial charge in [0.25, 0.3) is 0 Å². The number of rotatable bonds is 5. The number of carbonyl (C=O) groups excluding carboxylic acids is 1. The molecule has 0 heterocycles. The summed E-state index contributed by atoms with van der Waals surface area (Å²) in [5.74, 6) is -0.00690. The molecule has 0 spiro atoms. The third kappa shape index (κ3) is 4.57. The van der Waals surface area contributed by atoms with E-state index >= 15 is 0 Å². The Morgan fingerprint density at radius 3 is 2.56 bits per heavy atom. The van der Waals surface area contributed by atoms with Crippen LogP contribution in [0.25, 0.3) is 0 Å². The van der Waals surface area contributed by atoms with Crippen LogP contribution in [0.3, 0.4) is 0 Å². The molecule has 4 nitrogen and oxygen atoms in total. The van der Waals surface area contributed by atoms with Gasteiger partial charge in [-0.25, -0.2) is 0 Å². The molecule has 0 fully saturated rings. The Morgan fingerprint density at radius 1 is 1.50 bits per heavy atom. The summed E-state index contributed by atoms with van der Waals surface area (Å²) in [5.41, 5.74) is 6.35. The van der Waals surface area contributed by atoms with E-state index in [2.05, 4.69) is 5.32 Å². The van der Waals surface area contributed by atoms with Gasteiger partial charge in [-0.1, -0.05) is 30.1 Å². The van der Waals surface area contributed by atoms with Crippen molar-refractivity contribution < 1.29 is 9.90 Å². The summed E-state index contributed by atoms with van der Waals surface area (Å²) in [6, 6.07) is 3.04. The Balaban J connectivity index is 2.65. The molecule has 7 heteroatoms. The zero-order valence-corrected chi connectivity index (χ0v) is 12.1. The second kappa shape index (κ2) is 7.09. The van der Waals surface area contributed by atoms with Crippen molar-refractivity contribution in [1.29, 1.82) is 0 Å².